The van der Waals surface area contributed by atoms with Gasteiger partial charge < -0.3 is 39.7 Å². The number of hydrogen-bond acceptors (Lipinski definition) is 8. The van der Waals surface area contributed by atoms with Crippen molar-refractivity contribution in [3.63, 3.8) is 0 Å². The number of carbonyl (C=O) groups is 1. The molecular weight excluding hydrogens is 312 g/mol. The molecule has 0 fully saturated rings. The van der Waals surface area contributed by atoms with Crippen LogP contribution in [0.5, 0.6) is 0 Å². The third kappa shape index (κ3) is 44.9. The highest BCUT2D eigenvalue weighted by molar-refractivity contribution is 5.78. The summed E-state index contributed by atoms with van der Waals surface area (Å²) in [5.74, 6) is -0.981. The second-order valence-corrected chi connectivity index (χ2v) is 3.86. The molecule has 0 spiro atoms. The molecule has 0 heterocycles. The molecule has 0 aliphatic rings. The summed E-state index contributed by atoms with van der Waals surface area (Å²) < 4.78 is 15.0. The van der Waals surface area contributed by atoms with Crippen LogP contribution in [0.1, 0.15) is 6.92 Å². The molecule has 9 heteroatoms. The molecule has 0 aliphatic heterocycles. The lowest BCUT2D eigenvalue weighted by Gasteiger charge is -2.04. The van der Waals surface area contributed by atoms with Gasteiger partial charge in [-0.3, -0.25) is 0 Å². The molecule has 0 aromatic heterocycles. The van der Waals surface area contributed by atoms with Crippen molar-refractivity contribution in [2.75, 3.05) is 59.5 Å². The molecule has 1 atom stereocenters. The topological polar surface area (TPSA) is 146 Å². The number of hydrogen-bond donors (Lipinski definition) is 5. The molecule has 0 amide bonds. The zero-order chi connectivity index (χ0) is 18.3. The van der Waals surface area contributed by atoms with Gasteiger partial charge >= 0.3 is 5.97 Å². The Balaban J connectivity index is -0.000000329. The van der Waals surface area contributed by atoms with Crippen LogP contribution in [0.2, 0.25) is 0 Å². The average Bonchev–Trinajstić information content (AvgIpc) is 2.54. The number of aliphatic carboxylic acids is 1. The Morgan fingerprint density at radius 2 is 1.22 bits per heavy atom. The minimum absolute atomic E-state index is 0.0413. The van der Waals surface area contributed by atoms with Crippen LogP contribution in [-0.4, -0.2) is 97.1 Å². The van der Waals surface area contributed by atoms with Gasteiger partial charge in [0, 0.05) is 6.08 Å². The summed E-state index contributed by atoms with van der Waals surface area (Å²) in [6.45, 7) is 7.11. The van der Waals surface area contributed by atoms with Crippen LogP contribution in [0.15, 0.2) is 12.7 Å². The predicted octanol–water partition coefficient (Wildman–Crippen LogP) is -1.36. The lowest BCUT2D eigenvalue weighted by atomic mass is 10.5. The summed E-state index contributed by atoms with van der Waals surface area (Å²) >= 11 is 0. The van der Waals surface area contributed by atoms with Crippen molar-refractivity contribution in [2.45, 2.75) is 13.0 Å². The zero-order valence-corrected chi connectivity index (χ0v) is 13.6. The monoisotopic (exact) mass is 342 g/mol. The first kappa shape index (κ1) is 26.8. The first-order valence-corrected chi connectivity index (χ1v) is 7.05. The van der Waals surface area contributed by atoms with Gasteiger partial charge in [-0.25, -0.2) is 4.79 Å². The van der Waals surface area contributed by atoms with Crippen LogP contribution < -0.4 is 0 Å². The number of aliphatic hydroxyl groups excluding tert-OH is 4. The van der Waals surface area contributed by atoms with E-state index in [1.807, 2.05) is 0 Å². The van der Waals surface area contributed by atoms with Crippen LogP contribution in [0.3, 0.4) is 0 Å². The molecule has 0 radical (unpaired) electrons. The van der Waals surface area contributed by atoms with Crippen molar-refractivity contribution in [1.29, 1.82) is 0 Å². The van der Waals surface area contributed by atoms with Gasteiger partial charge in [0.05, 0.1) is 65.6 Å². The minimum atomic E-state index is -0.981. The number of ether oxygens (including phenoxy) is 3. The Bertz CT molecular complexity index is 224. The van der Waals surface area contributed by atoms with Crippen LogP contribution >= 0.6 is 0 Å². The summed E-state index contributed by atoms with van der Waals surface area (Å²) in [6.07, 6.45) is 0.273. The molecule has 9 nitrogen and oxygen atoms in total. The largest absolute Gasteiger partial charge is 0.478 e. The summed E-state index contributed by atoms with van der Waals surface area (Å²) in [5, 5.41) is 40.3. The van der Waals surface area contributed by atoms with Crippen molar-refractivity contribution in [1.82, 2.24) is 0 Å². The standard InChI is InChI=1S/C8H18O5.C3H8O2.C3H4O2/c9-1-3-11-5-7-13-8-6-12-4-2-10;1-3(5)2-4;1-2-3(4)5/h9-10H,1-8H2;3-5H,2H2,1H3;2H,1H2,(H,4,5). The highest BCUT2D eigenvalue weighted by Gasteiger charge is 1.90. The Morgan fingerprint density at radius 1 is 0.957 bits per heavy atom. The minimum Gasteiger partial charge on any atom is -0.478 e. The molecule has 0 saturated heterocycles. The molecule has 0 rings (SSSR count). The maximum absolute atomic E-state index is 9.25. The van der Waals surface area contributed by atoms with Crippen LogP contribution in [-0.2, 0) is 19.0 Å². The second-order valence-electron chi connectivity index (χ2n) is 3.86. The molecule has 0 saturated carbocycles. The Labute approximate surface area is 136 Å². The Morgan fingerprint density at radius 3 is 1.39 bits per heavy atom. The van der Waals surface area contributed by atoms with E-state index in [0.717, 1.165) is 6.08 Å². The van der Waals surface area contributed by atoms with E-state index in [2.05, 4.69) is 6.58 Å². The summed E-state index contributed by atoms with van der Waals surface area (Å²) in [7, 11) is 0. The highest BCUT2D eigenvalue weighted by Crippen LogP contribution is 1.80. The van der Waals surface area contributed by atoms with E-state index in [0.29, 0.717) is 39.6 Å². The maximum atomic E-state index is 9.25. The fraction of sp³-hybridized carbons (Fsp3) is 0.786. The van der Waals surface area contributed by atoms with Crippen molar-refractivity contribution < 1.29 is 44.5 Å². The first-order valence-electron chi connectivity index (χ1n) is 7.05. The molecule has 0 aliphatic carbocycles. The van der Waals surface area contributed by atoms with Crippen LogP contribution in [0, 0.1) is 0 Å². The Hall–Kier alpha value is -1.07. The lowest BCUT2D eigenvalue weighted by molar-refractivity contribution is -0.131. The van der Waals surface area contributed by atoms with Gasteiger partial charge in [-0.2, -0.15) is 0 Å². The maximum Gasteiger partial charge on any atom is 0.327 e. The molecule has 0 bridgehead atoms. The highest BCUT2D eigenvalue weighted by atomic mass is 16.5. The van der Waals surface area contributed by atoms with Crippen molar-refractivity contribution >= 4 is 5.97 Å². The smallest absolute Gasteiger partial charge is 0.327 e. The number of aliphatic hydroxyl groups is 4. The van der Waals surface area contributed by atoms with Gasteiger partial charge in [-0.05, 0) is 6.92 Å². The number of carboxylic acids is 1. The van der Waals surface area contributed by atoms with Gasteiger partial charge in [-0.15, -0.1) is 0 Å². The van der Waals surface area contributed by atoms with E-state index in [-0.39, 0.29) is 19.8 Å². The lowest BCUT2D eigenvalue weighted by Crippen LogP contribution is -2.11. The van der Waals surface area contributed by atoms with Crippen LogP contribution in [0.4, 0.5) is 0 Å². The predicted molar refractivity (Wildman–Crippen MR) is 83.2 cm³/mol. The number of rotatable bonds is 12. The summed E-state index contributed by atoms with van der Waals surface area (Å²) in [4.78, 5) is 9.25. The van der Waals surface area contributed by atoms with Gasteiger partial charge in [-0.1, -0.05) is 6.58 Å². The number of carboxylic acid groups (broad SMARTS) is 1. The third-order valence-corrected chi connectivity index (χ3v) is 1.65. The molecule has 23 heavy (non-hydrogen) atoms. The quantitative estimate of drug-likeness (QED) is 0.214. The van der Waals surface area contributed by atoms with Crippen molar-refractivity contribution in [3.8, 4) is 0 Å². The molecule has 140 valence electrons. The summed E-state index contributed by atoms with van der Waals surface area (Å²) in [5.41, 5.74) is 0. The van der Waals surface area contributed by atoms with E-state index in [1.54, 1.807) is 0 Å². The van der Waals surface area contributed by atoms with Crippen molar-refractivity contribution in [2.24, 2.45) is 0 Å². The Kier molecular flexibility index (Phi) is 30.1. The van der Waals surface area contributed by atoms with E-state index in [9.17, 15) is 4.79 Å². The summed E-state index contributed by atoms with van der Waals surface area (Å²) in [6, 6.07) is 0. The fourth-order valence-electron chi connectivity index (χ4n) is 0.671. The third-order valence-electron chi connectivity index (χ3n) is 1.65. The van der Waals surface area contributed by atoms with E-state index in [1.165, 1.54) is 6.92 Å². The molecule has 5 N–H and O–H groups in total. The fourth-order valence-corrected chi connectivity index (χ4v) is 0.671. The van der Waals surface area contributed by atoms with Crippen molar-refractivity contribution in [3.05, 3.63) is 12.7 Å². The van der Waals surface area contributed by atoms with Gasteiger partial charge in [0.1, 0.15) is 0 Å². The van der Waals surface area contributed by atoms with Gasteiger partial charge in [0.2, 0.25) is 0 Å². The average molecular weight is 342 g/mol. The molecule has 0 aromatic rings. The van der Waals surface area contributed by atoms with E-state index in [4.69, 9.17) is 39.7 Å². The van der Waals surface area contributed by atoms with Crippen LogP contribution in [0.25, 0.3) is 0 Å². The molecule has 1 unspecified atom stereocenters. The molecule has 0 aromatic carbocycles. The molecular formula is C14H30O9. The second kappa shape index (κ2) is 25.9. The van der Waals surface area contributed by atoms with E-state index >= 15 is 0 Å². The zero-order valence-electron chi connectivity index (χ0n) is 13.6. The normalized spacial score (nSPS) is 10.7. The van der Waals surface area contributed by atoms with Gasteiger partial charge in [0.15, 0.2) is 0 Å². The first-order chi connectivity index (χ1) is 11.0. The van der Waals surface area contributed by atoms with E-state index < -0.39 is 12.1 Å². The SMILES string of the molecule is C=CC(=O)O.CC(O)CO.OCCOCCOCCOCCO. The van der Waals surface area contributed by atoms with Gasteiger partial charge in [0.25, 0.3) is 0 Å².